The molecule has 2 unspecified atom stereocenters. The lowest BCUT2D eigenvalue weighted by Crippen LogP contribution is -3.20. The van der Waals surface area contributed by atoms with Gasteiger partial charge in [-0.3, -0.25) is 0 Å². The summed E-state index contributed by atoms with van der Waals surface area (Å²) in [4.78, 5) is 1.79. The van der Waals surface area contributed by atoms with Gasteiger partial charge in [-0.05, 0) is 33.6 Å². The van der Waals surface area contributed by atoms with E-state index in [9.17, 15) is 0 Å². The smallest absolute Gasteiger partial charge is 0.0891 e. The molecule has 0 aromatic rings. The fourth-order valence-electron chi connectivity index (χ4n) is 1.97. The highest BCUT2D eigenvalue weighted by Crippen LogP contribution is 2.07. The van der Waals surface area contributed by atoms with Crippen LogP contribution in [-0.4, -0.2) is 18.6 Å². The Balaban J connectivity index is 2.46. The van der Waals surface area contributed by atoms with E-state index in [0.717, 1.165) is 5.92 Å². The lowest BCUT2D eigenvalue weighted by atomic mass is 9.95. The van der Waals surface area contributed by atoms with Gasteiger partial charge in [0.15, 0.2) is 0 Å². The van der Waals surface area contributed by atoms with E-state index in [0.29, 0.717) is 5.54 Å². The molecule has 0 saturated carbocycles. The monoisotopic (exact) mass is 156 g/mol. The van der Waals surface area contributed by atoms with Gasteiger partial charge in [0, 0.05) is 5.92 Å². The van der Waals surface area contributed by atoms with Gasteiger partial charge in [-0.25, -0.2) is 0 Å². The predicted molar refractivity (Wildman–Crippen MR) is 48.8 cm³/mol. The van der Waals surface area contributed by atoms with Crippen LogP contribution in [0.25, 0.3) is 0 Å². The first-order valence-corrected chi connectivity index (χ1v) is 4.85. The molecule has 0 bridgehead atoms. The molecule has 1 heterocycles. The van der Waals surface area contributed by atoms with Crippen LogP contribution >= 0.6 is 0 Å². The molecule has 1 aliphatic rings. The summed E-state index contributed by atoms with van der Waals surface area (Å²) in [6.45, 7) is 12.2. The number of rotatable bonds is 0. The van der Waals surface area contributed by atoms with Crippen molar-refractivity contribution in [2.45, 2.75) is 46.1 Å². The van der Waals surface area contributed by atoms with Crippen LogP contribution in [0.5, 0.6) is 0 Å². The lowest BCUT2D eigenvalue weighted by Gasteiger charge is -2.37. The zero-order valence-corrected chi connectivity index (χ0v) is 8.41. The Morgan fingerprint density at radius 3 is 2.27 bits per heavy atom. The van der Waals surface area contributed by atoms with Crippen LogP contribution < -0.4 is 4.90 Å². The van der Waals surface area contributed by atoms with E-state index in [-0.39, 0.29) is 0 Å². The maximum atomic E-state index is 2.38. The largest absolute Gasteiger partial charge is 0.331 e. The van der Waals surface area contributed by atoms with E-state index in [1.807, 2.05) is 0 Å². The second kappa shape index (κ2) is 3.14. The highest BCUT2D eigenvalue weighted by molar-refractivity contribution is 4.63. The van der Waals surface area contributed by atoms with E-state index in [4.69, 9.17) is 0 Å². The minimum absolute atomic E-state index is 0.467. The summed E-state index contributed by atoms with van der Waals surface area (Å²) in [7, 11) is 0. The molecule has 0 radical (unpaired) electrons. The van der Waals surface area contributed by atoms with Crippen LogP contribution in [0.2, 0.25) is 0 Å². The van der Waals surface area contributed by atoms with E-state index in [1.165, 1.54) is 25.9 Å². The maximum absolute atomic E-state index is 2.38. The molecule has 1 heteroatoms. The SMILES string of the molecule is CC1CCC[NH+](C(C)(C)C)C1. The molecule has 1 rings (SSSR count). The Morgan fingerprint density at radius 1 is 1.27 bits per heavy atom. The first kappa shape index (κ1) is 9.05. The van der Waals surface area contributed by atoms with E-state index >= 15 is 0 Å². The molecule has 2 atom stereocenters. The molecule has 1 N–H and O–H groups in total. The van der Waals surface area contributed by atoms with Gasteiger partial charge in [-0.2, -0.15) is 0 Å². The summed E-state index contributed by atoms with van der Waals surface area (Å²) in [6.07, 6.45) is 2.87. The zero-order valence-electron chi connectivity index (χ0n) is 8.41. The van der Waals surface area contributed by atoms with Crippen molar-refractivity contribution < 1.29 is 4.90 Å². The Kier molecular flexibility index (Phi) is 2.58. The average molecular weight is 156 g/mol. The molecular weight excluding hydrogens is 134 g/mol. The standard InChI is InChI=1S/C10H21N/c1-9-6-5-7-11(8-9)10(2,3)4/h9H,5-8H2,1-4H3/p+1. The minimum atomic E-state index is 0.467. The van der Waals surface area contributed by atoms with Crippen molar-refractivity contribution in [2.24, 2.45) is 5.92 Å². The molecule has 1 nitrogen and oxygen atoms in total. The predicted octanol–water partition coefficient (Wildman–Crippen LogP) is 1.10. The first-order valence-electron chi connectivity index (χ1n) is 4.85. The average Bonchev–Trinajstić information content (AvgIpc) is 1.86. The van der Waals surface area contributed by atoms with E-state index in [2.05, 4.69) is 27.7 Å². The Bertz CT molecular complexity index is 123. The number of hydrogen-bond acceptors (Lipinski definition) is 0. The van der Waals surface area contributed by atoms with Crippen molar-refractivity contribution >= 4 is 0 Å². The number of nitrogens with one attached hydrogen (secondary N) is 1. The number of piperidine rings is 1. The van der Waals surface area contributed by atoms with Crippen LogP contribution in [-0.2, 0) is 0 Å². The van der Waals surface area contributed by atoms with Crippen LogP contribution in [0.4, 0.5) is 0 Å². The van der Waals surface area contributed by atoms with Gasteiger partial charge >= 0.3 is 0 Å². The summed E-state index contributed by atoms with van der Waals surface area (Å²) in [6, 6.07) is 0. The Morgan fingerprint density at radius 2 is 1.91 bits per heavy atom. The quantitative estimate of drug-likeness (QED) is 0.536. The summed E-state index contributed by atoms with van der Waals surface area (Å²) >= 11 is 0. The fraction of sp³-hybridized carbons (Fsp3) is 1.00. The molecule has 0 aliphatic carbocycles. The fourth-order valence-corrected chi connectivity index (χ4v) is 1.97. The Labute approximate surface area is 70.8 Å². The molecule has 1 saturated heterocycles. The number of hydrogen-bond donors (Lipinski definition) is 1. The molecule has 1 aliphatic heterocycles. The Hall–Kier alpha value is -0.0400. The highest BCUT2D eigenvalue weighted by atomic mass is 15.2. The molecular formula is C10H22N+. The summed E-state index contributed by atoms with van der Waals surface area (Å²) < 4.78 is 0. The van der Waals surface area contributed by atoms with Gasteiger partial charge in [0.05, 0.1) is 18.6 Å². The third-order valence-corrected chi connectivity index (χ3v) is 2.83. The van der Waals surface area contributed by atoms with Crippen molar-refractivity contribution in [3.05, 3.63) is 0 Å². The van der Waals surface area contributed by atoms with Crippen molar-refractivity contribution in [1.82, 2.24) is 0 Å². The molecule has 0 aromatic carbocycles. The first-order chi connectivity index (χ1) is 5.00. The second-order valence-electron chi connectivity index (χ2n) is 5.06. The van der Waals surface area contributed by atoms with Gasteiger partial charge in [-0.1, -0.05) is 6.92 Å². The second-order valence-corrected chi connectivity index (χ2v) is 5.06. The number of quaternary nitrogens is 1. The third kappa shape index (κ3) is 2.48. The normalized spacial score (nSPS) is 33.8. The van der Waals surface area contributed by atoms with Crippen molar-refractivity contribution in [3.63, 3.8) is 0 Å². The zero-order chi connectivity index (χ0) is 8.48. The van der Waals surface area contributed by atoms with Crippen LogP contribution in [0, 0.1) is 5.92 Å². The molecule has 0 aromatic heterocycles. The molecule has 66 valence electrons. The molecule has 0 amide bonds. The number of likely N-dealkylation sites (tertiary alicyclic amines) is 1. The van der Waals surface area contributed by atoms with E-state index in [1.54, 1.807) is 4.90 Å². The summed E-state index contributed by atoms with van der Waals surface area (Å²) in [5.41, 5.74) is 0.467. The van der Waals surface area contributed by atoms with Gasteiger partial charge in [0.2, 0.25) is 0 Å². The van der Waals surface area contributed by atoms with Gasteiger partial charge in [0.1, 0.15) is 0 Å². The van der Waals surface area contributed by atoms with Crippen molar-refractivity contribution in [2.75, 3.05) is 13.1 Å². The van der Waals surface area contributed by atoms with Crippen molar-refractivity contribution in [1.29, 1.82) is 0 Å². The molecule has 1 fully saturated rings. The van der Waals surface area contributed by atoms with Crippen LogP contribution in [0.15, 0.2) is 0 Å². The van der Waals surface area contributed by atoms with Gasteiger partial charge in [-0.15, -0.1) is 0 Å². The lowest BCUT2D eigenvalue weighted by molar-refractivity contribution is -0.954. The topological polar surface area (TPSA) is 4.44 Å². The van der Waals surface area contributed by atoms with Crippen LogP contribution in [0.3, 0.4) is 0 Å². The maximum Gasteiger partial charge on any atom is 0.0891 e. The summed E-state index contributed by atoms with van der Waals surface area (Å²) in [5, 5.41) is 0. The van der Waals surface area contributed by atoms with Crippen LogP contribution in [0.1, 0.15) is 40.5 Å². The van der Waals surface area contributed by atoms with Gasteiger partial charge in [0.25, 0.3) is 0 Å². The third-order valence-electron chi connectivity index (χ3n) is 2.83. The van der Waals surface area contributed by atoms with Gasteiger partial charge < -0.3 is 4.90 Å². The van der Waals surface area contributed by atoms with Crippen molar-refractivity contribution in [3.8, 4) is 0 Å². The molecule has 0 spiro atoms. The summed E-state index contributed by atoms with van der Waals surface area (Å²) in [5.74, 6) is 0.943. The van der Waals surface area contributed by atoms with E-state index < -0.39 is 0 Å². The molecule has 11 heavy (non-hydrogen) atoms. The minimum Gasteiger partial charge on any atom is -0.331 e. The highest BCUT2D eigenvalue weighted by Gasteiger charge is 2.29.